The van der Waals surface area contributed by atoms with Crippen LogP contribution in [-0.4, -0.2) is 30.1 Å². The number of hydrogen-bond acceptors (Lipinski definition) is 4. The van der Waals surface area contributed by atoms with Crippen LogP contribution < -0.4 is 10.5 Å². The van der Waals surface area contributed by atoms with E-state index in [-0.39, 0.29) is 11.9 Å². The first-order valence-corrected chi connectivity index (χ1v) is 5.14. The molecule has 5 nitrogen and oxygen atoms in total. The standard InChI is InChI=1S/C11H17N3O2/c1-8(2)15-5-6-16-10-7-9(11(12)13)3-4-14-10/h3-4,7-8H,5-6H2,1-2H3,(H3,12,13). The lowest BCUT2D eigenvalue weighted by Crippen LogP contribution is -2.13. The summed E-state index contributed by atoms with van der Waals surface area (Å²) in [6.07, 6.45) is 1.76. The number of aromatic nitrogens is 1. The predicted octanol–water partition coefficient (Wildman–Crippen LogP) is 1.17. The first-order chi connectivity index (χ1) is 7.59. The van der Waals surface area contributed by atoms with Crippen LogP contribution in [0.1, 0.15) is 19.4 Å². The zero-order valence-electron chi connectivity index (χ0n) is 9.56. The van der Waals surface area contributed by atoms with Crippen molar-refractivity contribution < 1.29 is 9.47 Å². The highest BCUT2D eigenvalue weighted by Gasteiger charge is 2.01. The molecule has 0 aliphatic rings. The molecule has 0 fully saturated rings. The molecule has 5 heteroatoms. The average Bonchev–Trinajstić information content (AvgIpc) is 2.24. The molecular weight excluding hydrogens is 206 g/mol. The Morgan fingerprint density at radius 2 is 2.25 bits per heavy atom. The van der Waals surface area contributed by atoms with E-state index in [0.717, 1.165) is 0 Å². The van der Waals surface area contributed by atoms with Gasteiger partial charge in [0.15, 0.2) is 0 Å². The number of nitrogen functional groups attached to an aromatic ring is 1. The van der Waals surface area contributed by atoms with Crippen molar-refractivity contribution in [2.75, 3.05) is 13.2 Å². The van der Waals surface area contributed by atoms with E-state index in [1.807, 2.05) is 13.8 Å². The molecule has 0 aliphatic carbocycles. The topological polar surface area (TPSA) is 81.2 Å². The quantitative estimate of drug-likeness (QED) is 0.431. The molecule has 88 valence electrons. The van der Waals surface area contributed by atoms with Gasteiger partial charge in [0, 0.05) is 17.8 Å². The van der Waals surface area contributed by atoms with Crippen LogP contribution in [0.15, 0.2) is 18.3 Å². The van der Waals surface area contributed by atoms with Gasteiger partial charge in [0.1, 0.15) is 12.4 Å². The van der Waals surface area contributed by atoms with Gasteiger partial charge in [0.2, 0.25) is 5.88 Å². The summed E-state index contributed by atoms with van der Waals surface area (Å²) < 4.78 is 10.7. The molecule has 1 aromatic heterocycles. The monoisotopic (exact) mass is 223 g/mol. The Morgan fingerprint density at radius 1 is 1.50 bits per heavy atom. The van der Waals surface area contributed by atoms with Crippen molar-refractivity contribution in [3.63, 3.8) is 0 Å². The van der Waals surface area contributed by atoms with E-state index < -0.39 is 0 Å². The molecule has 0 radical (unpaired) electrons. The normalized spacial score (nSPS) is 10.4. The van der Waals surface area contributed by atoms with Crippen LogP contribution in [0.3, 0.4) is 0 Å². The second kappa shape index (κ2) is 6.07. The molecule has 1 heterocycles. The van der Waals surface area contributed by atoms with Gasteiger partial charge >= 0.3 is 0 Å². The van der Waals surface area contributed by atoms with E-state index in [9.17, 15) is 0 Å². The summed E-state index contributed by atoms with van der Waals surface area (Å²) in [7, 11) is 0. The number of ether oxygens (including phenoxy) is 2. The Labute approximate surface area is 95.1 Å². The van der Waals surface area contributed by atoms with Gasteiger partial charge < -0.3 is 15.2 Å². The van der Waals surface area contributed by atoms with Crippen LogP contribution in [0.25, 0.3) is 0 Å². The van der Waals surface area contributed by atoms with Gasteiger partial charge in [-0.3, -0.25) is 5.41 Å². The van der Waals surface area contributed by atoms with Crippen LogP contribution in [0.5, 0.6) is 5.88 Å². The van der Waals surface area contributed by atoms with Crippen LogP contribution in [0.2, 0.25) is 0 Å². The fourth-order valence-corrected chi connectivity index (χ4v) is 1.09. The molecule has 0 bridgehead atoms. The van der Waals surface area contributed by atoms with Crippen LogP contribution >= 0.6 is 0 Å². The SMILES string of the molecule is CC(C)OCCOc1cc(C(=N)N)ccn1. The summed E-state index contributed by atoms with van der Waals surface area (Å²) in [5.41, 5.74) is 5.96. The highest BCUT2D eigenvalue weighted by molar-refractivity contribution is 5.95. The van der Waals surface area contributed by atoms with E-state index in [0.29, 0.717) is 24.7 Å². The second-order valence-corrected chi connectivity index (χ2v) is 3.56. The summed E-state index contributed by atoms with van der Waals surface area (Å²) >= 11 is 0. The van der Waals surface area contributed by atoms with Gasteiger partial charge in [-0.1, -0.05) is 0 Å². The lowest BCUT2D eigenvalue weighted by Gasteiger charge is -2.09. The maximum Gasteiger partial charge on any atom is 0.213 e. The first-order valence-electron chi connectivity index (χ1n) is 5.14. The molecule has 1 aromatic rings. The molecule has 16 heavy (non-hydrogen) atoms. The largest absolute Gasteiger partial charge is 0.475 e. The predicted molar refractivity (Wildman–Crippen MR) is 61.8 cm³/mol. The molecule has 0 spiro atoms. The Morgan fingerprint density at radius 3 is 2.88 bits per heavy atom. The van der Waals surface area contributed by atoms with E-state index >= 15 is 0 Å². The fourth-order valence-electron chi connectivity index (χ4n) is 1.09. The van der Waals surface area contributed by atoms with Crippen molar-refractivity contribution in [1.29, 1.82) is 5.41 Å². The highest BCUT2D eigenvalue weighted by atomic mass is 16.5. The van der Waals surface area contributed by atoms with Crippen molar-refractivity contribution in [2.45, 2.75) is 20.0 Å². The minimum Gasteiger partial charge on any atom is -0.475 e. The number of nitrogens with two attached hydrogens (primary N) is 1. The van der Waals surface area contributed by atoms with Gasteiger partial charge in [-0.15, -0.1) is 0 Å². The molecular formula is C11H17N3O2. The Balaban J connectivity index is 2.42. The molecule has 0 aliphatic heterocycles. The van der Waals surface area contributed by atoms with Crippen LogP contribution in [-0.2, 0) is 4.74 Å². The number of rotatable bonds is 6. The van der Waals surface area contributed by atoms with E-state index in [1.165, 1.54) is 0 Å². The van der Waals surface area contributed by atoms with Crippen molar-refractivity contribution in [3.8, 4) is 5.88 Å². The van der Waals surface area contributed by atoms with E-state index in [4.69, 9.17) is 20.6 Å². The summed E-state index contributed by atoms with van der Waals surface area (Å²) in [6.45, 7) is 4.89. The molecule has 0 saturated heterocycles. The van der Waals surface area contributed by atoms with Crippen molar-refractivity contribution in [3.05, 3.63) is 23.9 Å². The van der Waals surface area contributed by atoms with Gasteiger partial charge in [-0.05, 0) is 19.9 Å². The van der Waals surface area contributed by atoms with Crippen molar-refractivity contribution in [2.24, 2.45) is 5.73 Å². The average molecular weight is 223 g/mol. The maximum atomic E-state index is 7.27. The molecule has 0 atom stereocenters. The summed E-state index contributed by atoms with van der Waals surface area (Å²) in [5.74, 6) is 0.464. The Hall–Kier alpha value is -1.62. The van der Waals surface area contributed by atoms with Gasteiger partial charge in [0.25, 0.3) is 0 Å². The lowest BCUT2D eigenvalue weighted by molar-refractivity contribution is 0.0542. The van der Waals surface area contributed by atoms with E-state index in [1.54, 1.807) is 18.3 Å². The molecule has 1 rings (SSSR count). The highest BCUT2D eigenvalue weighted by Crippen LogP contribution is 2.08. The van der Waals surface area contributed by atoms with Gasteiger partial charge in [-0.25, -0.2) is 4.98 Å². The molecule has 3 N–H and O–H groups in total. The zero-order valence-corrected chi connectivity index (χ0v) is 9.56. The third-order valence-corrected chi connectivity index (χ3v) is 1.83. The summed E-state index contributed by atoms with van der Waals surface area (Å²) in [5, 5.41) is 7.27. The molecule has 0 aromatic carbocycles. The van der Waals surface area contributed by atoms with Crippen molar-refractivity contribution >= 4 is 5.84 Å². The molecule has 0 unspecified atom stereocenters. The number of nitrogens with one attached hydrogen (secondary N) is 1. The summed E-state index contributed by atoms with van der Waals surface area (Å²) in [6, 6.07) is 3.30. The third kappa shape index (κ3) is 4.27. The molecule has 0 saturated carbocycles. The van der Waals surface area contributed by atoms with E-state index in [2.05, 4.69) is 4.98 Å². The minimum atomic E-state index is 0.00526. The van der Waals surface area contributed by atoms with Gasteiger partial charge in [0.05, 0.1) is 12.7 Å². The number of amidine groups is 1. The molecule has 0 amide bonds. The summed E-state index contributed by atoms with van der Waals surface area (Å²) in [4.78, 5) is 4.01. The van der Waals surface area contributed by atoms with Crippen LogP contribution in [0, 0.1) is 5.41 Å². The third-order valence-electron chi connectivity index (χ3n) is 1.83. The lowest BCUT2D eigenvalue weighted by atomic mass is 10.2. The van der Waals surface area contributed by atoms with Crippen LogP contribution in [0.4, 0.5) is 0 Å². The first kappa shape index (κ1) is 12.4. The smallest absolute Gasteiger partial charge is 0.213 e. The Kier molecular flexibility index (Phi) is 4.72. The van der Waals surface area contributed by atoms with Crippen molar-refractivity contribution in [1.82, 2.24) is 4.98 Å². The fraction of sp³-hybridized carbons (Fsp3) is 0.455. The minimum absolute atomic E-state index is 0.00526. The second-order valence-electron chi connectivity index (χ2n) is 3.56. The van der Waals surface area contributed by atoms with Gasteiger partial charge in [-0.2, -0.15) is 0 Å². The number of nitrogens with zero attached hydrogens (tertiary/aromatic N) is 1. The maximum absolute atomic E-state index is 7.27. The zero-order chi connectivity index (χ0) is 12.0. The number of hydrogen-bond donors (Lipinski definition) is 2. The Bertz CT molecular complexity index is 353. The number of pyridine rings is 1.